The summed E-state index contributed by atoms with van der Waals surface area (Å²) in [5, 5.41) is 20.5. The van der Waals surface area contributed by atoms with E-state index in [9.17, 15) is 9.90 Å². The van der Waals surface area contributed by atoms with Crippen LogP contribution in [0.3, 0.4) is 0 Å². The largest absolute Gasteiger partial charge is 0.497 e. The molecule has 0 radical (unpaired) electrons. The van der Waals surface area contributed by atoms with Gasteiger partial charge in [0.2, 0.25) is 0 Å². The number of hydrogen-bond donors (Lipinski definition) is 1. The van der Waals surface area contributed by atoms with Crippen LogP contribution in [0.2, 0.25) is 18.6 Å². The zero-order valence-electron chi connectivity index (χ0n) is 27.8. The van der Waals surface area contributed by atoms with Crippen LogP contribution in [0.25, 0.3) is 0 Å². The molecule has 9 nitrogen and oxygen atoms in total. The second-order valence-corrected chi connectivity index (χ2v) is 18.1. The number of aliphatic hydroxyl groups is 1. The molecule has 3 aromatic carbocycles. The first-order valence-corrected chi connectivity index (χ1v) is 19.7. The molecule has 5 atom stereocenters. The summed E-state index contributed by atoms with van der Waals surface area (Å²) in [5.74, 6) is 1.02. The standard InChI is InChI=1S/C37H46N4O5Si/c1-26-34(18-13-27-9-8-12-29(23-27)41-21-22-45-37(41)43)46-35(36(26)47(3,4)31-16-14-30(44-2)15-17-31)19-20-40-24-33(38-39-40)32(25-42)28-10-6-5-7-11-28/h5-12,14-17,23-24,26,32,34-36,42H,13,18-22,25H2,1-4H3/t26-,32?,34+,35-,36+/m0/s1. The van der Waals surface area contributed by atoms with Gasteiger partial charge in [-0.25, -0.2) is 4.79 Å². The maximum Gasteiger partial charge on any atom is 0.414 e. The lowest BCUT2D eigenvalue weighted by molar-refractivity contribution is 0.0249. The fourth-order valence-electron chi connectivity index (χ4n) is 7.63. The molecule has 0 bridgehead atoms. The number of cyclic esters (lactones) is 1. The summed E-state index contributed by atoms with van der Waals surface area (Å²) in [6, 6.07) is 26.8. The molecule has 3 heterocycles. The molecule has 1 amide bonds. The lowest BCUT2D eigenvalue weighted by Crippen LogP contribution is -2.50. The van der Waals surface area contributed by atoms with E-state index in [2.05, 4.69) is 66.7 Å². The second-order valence-electron chi connectivity index (χ2n) is 13.4. The molecule has 10 heteroatoms. The molecule has 47 heavy (non-hydrogen) atoms. The molecule has 0 saturated carbocycles. The van der Waals surface area contributed by atoms with Crippen molar-refractivity contribution >= 4 is 25.0 Å². The quantitative estimate of drug-likeness (QED) is 0.183. The van der Waals surface area contributed by atoms with Gasteiger partial charge >= 0.3 is 6.09 Å². The van der Waals surface area contributed by atoms with Crippen molar-refractivity contribution < 1.29 is 24.1 Å². The number of anilines is 1. The maximum absolute atomic E-state index is 12.2. The third-order valence-corrected chi connectivity index (χ3v) is 14.6. The Morgan fingerprint density at radius 1 is 1.02 bits per heavy atom. The molecular formula is C37H46N4O5Si. The highest BCUT2D eigenvalue weighted by Crippen LogP contribution is 2.46. The van der Waals surface area contributed by atoms with Crippen LogP contribution >= 0.6 is 0 Å². The first-order chi connectivity index (χ1) is 22.8. The number of aliphatic hydroxyl groups excluding tert-OH is 1. The Morgan fingerprint density at radius 2 is 1.81 bits per heavy atom. The van der Waals surface area contributed by atoms with E-state index in [4.69, 9.17) is 14.2 Å². The Morgan fingerprint density at radius 3 is 2.51 bits per heavy atom. The molecule has 4 aromatic rings. The number of hydrogen-bond acceptors (Lipinski definition) is 7. The number of methoxy groups -OCH3 is 1. The molecule has 1 N–H and O–H groups in total. The predicted molar refractivity (Wildman–Crippen MR) is 185 cm³/mol. The molecule has 2 aliphatic heterocycles. The number of aromatic nitrogens is 3. The van der Waals surface area contributed by atoms with Gasteiger partial charge in [0, 0.05) is 18.4 Å². The fourth-order valence-corrected chi connectivity index (χ4v) is 11.7. The highest BCUT2D eigenvalue weighted by atomic mass is 28.3. The van der Waals surface area contributed by atoms with E-state index in [-0.39, 0.29) is 30.8 Å². The summed E-state index contributed by atoms with van der Waals surface area (Å²) in [6.45, 7) is 8.96. The van der Waals surface area contributed by atoms with Gasteiger partial charge in [-0.2, -0.15) is 0 Å². The average Bonchev–Trinajstić information content (AvgIpc) is 3.82. The monoisotopic (exact) mass is 654 g/mol. The lowest BCUT2D eigenvalue weighted by atomic mass is 9.95. The van der Waals surface area contributed by atoms with Crippen molar-refractivity contribution in [3.63, 3.8) is 0 Å². The second kappa shape index (κ2) is 14.4. The average molecular weight is 655 g/mol. The molecule has 248 valence electrons. The number of benzene rings is 3. The molecule has 2 saturated heterocycles. The van der Waals surface area contributed by atoms with Crippen LogP contribution in [0.1, 0.15) is 42.5 Å². The molecule has 1 aromatic heterocycles. The zero-order valence-corrected chi connectivity index (χ0v) is 28.8. The molecule has 1 unspecified atom stereocenters. The van der Waals surface area contributed by atoms with Gasteiger partial charge in [-0.05, 0) is 66.1 Å². The van der Waals surface area contributed by atoms with Gasteiger partial charge in [0.05, 0.1) is 52.2 Å². The van der Waals surface area contributed by atoms with E-state index in [1.54, 1.807) is 12.0 Å². The molecular weight excluding hydrogens is 609 g/mol. The van der Waals surface area contributed by atoms with Crippen molar-refractivity contribution in [1.29, 1.82) is 0 Å². The molecule has 0 spiro atoms. The maximum atomic E-state index is 12.2. The number of ether oxygens (including phenoxy) is 3. The third-order valence-electron chi connectivity index (χ3n) is 10.2. The summed E-state index contributed by atoms with van der Waals surface area (Å²) < 4.78 is 19.5. The highest BCUT2D eigenvalue weighted by molar-refractivity contribution is 6.91. The van der Waals surface area contributed by atoms with Gasteiger partial charge < -0.3 is 19.3 Å². The normalized spacial score (nSPS) is 22.0. The Balaban J connectivity index is 1.19. The molecule has 6 rings (SSSR count). The van der Waals surface area contributed by atoms with E-state index in [0.29, 0.717) is 31.2 Å². The minimum Gasteiger partial charge on any atom is -0.497 e. The van der Waals surface area contributed by atoms with Crippen molar-refractivity contribution in [2.24, 2.45) is 5.92 Å². The number of aryl methyl sites for hydroxylation is 2. The van der Waals surface area contributed by atoms with E-state index >= 15 is 0 Å². The summed E-state index contributed by atoms with van der Waals surface area (Å²) in [4.78, 5) is 13.9. The van der Waals surface area contributed by atoms with E-state index in [1.807, 2.05) is 53.3 Å². The summed E-state index contributed by atoms with van der Waals surface area (Å²) in [5.41, 5.74) is 4.26. The Labute approximate surface area is 278 Å². The van der Waals surface area contributed by atoms with Crippen LogP contribution in [0, 0.1) is 5.92 Å². The molecule has 2 fully saturated rings. The SMILES string of the molecule is COc1ccc([Si](C)(C)[C@@H]2[C@@H](C)[C@@H](CCc3cccc(N4CCOC4=O)c3)O[C@H]2CCn2cc(C(CO)c3ccccc3)nn2)cc1. The van der Waals surface area contributed by atoms with Gasteiger partial charge in [-0.3, -0.25) is 9.58 Å². The number of nitrogens with zero attached hydrogens (tertiary/aromatic N) is 4. The van der Waals surface area contributed by atoms with Crippen molar-refractivity contribution in [1.82, 2.24) is 15.0 Å². The van der Waals surface area contributed by atoms with Crippen LogP contribution < -0.4 is 14.8 Å². The first-order valence-electron chi connectivity index (χ1n) is 16.7. The van der Waals surface area contributed by atoms with Crippen LogP contribution in [0.5, 0.6) is 5.75 Å². The van der Waals surface area contributed by atoms with Crippen LogP contribution in [-0.2, 0) is 22.4 Å². The summed E-state index contributed by atoms with van der Waals surface area (Å²) in [7, 11) is -0.306. The Bertz CT molecular complexity index is 1630. The fraction of sp³-hybridized carbons (Fsp3) is 0.432. The smallest absolute Gasteiger partial charge is 0.414 e. The van der Waals surface area contributed by atoms with Crippen LogP contribution in [0.15, 0.2) is 85.1 Å². The number of carbonyl (C=O) groups excluding carboxylic acids is 1. The number of rotatable bonds is 13. The molecule has 2 aliphatic rings. The molecule has 0 aliphatic carbocycles. The van der Waals surface area contributed by atoms with Crippen molar-refractivity contribution in [3.05, 3.63) is 102 Å². The first kappa shape index (κ1) is 32.9. The van der Waals surface area contributed by atoms with Crippen LogP contribution in [0.4, 0.5) is 10.5 Å². The van der Waals surface area contributed by atoms with Gasteiger partial charge in [0.15, 0.2) is 0 Å². The van der Waals surface area contributed by atoms with Gasteiger partial charge in [-0.15, -0.1) is 5.10 Å². The highest BCUT2D eigenvalue weighted by Gasteiger charge is 2.50. The zero-order chi connectivity index (χ0) is 33.0. The number of carbonyl (C=O) groups is 1. The van der Waals surface area contributed by atoms with Gasteiger partial charge in [0.25, 0.3) is 0 Å². The van der Waals surface area contributed by atoms with E-state index in [0.717, 1.165) is 42.0 Å². The summed E-state index contributed by atoms with van der Waals surface area (Å²) >= 11 is 0. The topological polar surface area (TPSA) is 98.9 Å². The number of amides is 1. The summed E-state index contributed by atoms with van der Waals surface area (Å²) in [6.07, 6.45) is 4.45. The third kappa shape index (κ3) is 7.14. The van der Waals surface area contributed by atoms with Gasteiger partial charge in [0.1, 0.15) is 12.4 Å². The minimum atomic E-state index is -2.01. The van der Waals surface area contributed by atoms with E-state index < -0.39 is 8.07 Å². The van der Waals surface area contributed by atoms with Crippen molar-refractivity contribution in [2.75, 3.05) is 31.8 Å². The van der Waals surface area contributed by atoms with Crippen molar-refractivity contribution in [3.8, 4) is 5.75 Å². The predicted octanol–water partition coefficient (Wildman–Crippen LogP) is 5.78. The lowest BCUT2D eigenvalue weighted by Gasteiger charge is -2.36. The minimum absolute atomic E-state index is 0.0254. The van der Waals surface area contributed by atoms with Crippen LogP contribution in [-0.4, -0.2) is 73.3 Å². The Hall–Kier alpha value is -3.99. The van der Waals surface area contributed by atoms with E-state index in [1.165, 1.54) is 10.8 Å². The van der Waals surface area contributed by atoms with Gasteiger partial charge in [-0.1, -0.05) is 85.0 Å². The van der Waals surface area contributed by atoms with Crippen molar-refractivity contribution in [2.45, 2.75) is 69.5 Å². The Kier molecular flexibility index (Phi) is 10.1.